The van der Waals surface area contributed by atoms with E-state index in [0.29, 0.717) is 38.1 Å². The van der Waals surface area contributed by atoms with Crippen LogP contribution in [0.3, 0.4) is 0 Å². The number of carbonyl (C=O) groups is 1. The molecule has 2 saturated heterocycles. The van der Waals surface area contributed by atoms with Crippen molar-refractivity contribution in [3.63, 3.8) is 0 Å². The van der Waals surface area contributed by atoms with E-state index in [4.69, 9.17) is 17.2 Å². The highest BCUT2D eigenvalue weighted by atomic mass is 32.2. The lowest BCUT2D eigenvalue weighted by Crippen LogP contribution is -2.40. The highest BCUT2D eigenvalue weighted by Gasteiger charge is 2.33. The molecule has 1 amide bonds. The van der Waals surface area contributed by atoms with Crippen molar-refractivity contribution in [2.75, 3.05) is 18.0 Å². The van der Waals surface area contributed by atoms with Gasteiger partial charge in [0, 0.05) is 19.3 Å². The first-order valence-corrected chi connectivity index (χ1v) is 13.2. The summed E-state index contributed by atoms with van der Waals surface area (Å²) < 4.78 is 15.3. The summed E-state index contributed by atoms with van der Waals surface area (Å²) in [6, 6.07) is 9.78. The highest BCUT2D eigenvalue weighted by molar-refractivity contribution is 8.26. The molecule has 2 aliphatic rings. The number of aromatic nitrogens is 2. The SMILES string of the molecule is Cc1ccc2nc(N3CC(C)CC(C)C3)c(/C=C3/SC(=S)N(Cc4ccc(F)cc4)C3=O)c(=O)n2c1. The lowest BCUT2D eigenvalue weighted by molar-refractivity contribution is -0.122. The van der Waals surface area contributed by atoms with Crippen LogP contribution in [0.5, 0.6) is 0 Å². The molecule has 186 valence electrons. The van der Waals surface area contributed by atoms with E-state index >= 15 is 0 Å². The maximum absolute atomic E-state index is 13.7. The molecule has 0 bridgehead atoms. The van der Waals surface area contributed by atoms with Crippen molar-refractivity contribution in [2.24, 2.45) is 11.8 Å². The Morgan fingerprint density at radius 2 is 1.81 bits per heavy atom. The molecule has 0 aliphatic carbocycles. The number of pyridine rings is 1. The second kappa shape index (κ2) is 9.78. The first kappa shape index (κ1) is 24.6. The van der Waals surface area contributed by atoms with Gasteiger partial charge in [-0.3, -0.25) is 18.9 Å². The Balaban J connectivity index is 1.57. The number of piperidine rings is 1. The van der Waals surface area contributed by atoms with Gasteiger partial charge >= 0.3 is 0 Å². The first-order chi connectivity index (χ1) is 17.2. The van der Waals surface area contributed by atoms with Gasteiger partial charge in [0.15, 0.2) is 0 Å². The molecule has 2 aromatic heterocycles. The molecule has 1 aromatic carbocycles. The van der Waals surface area contributed by atoms with Gasteiger partial charge in [-0.15, -0.1) is 0 Å². The summed E-state index contributed by atoms with van der Waals surface area (Å²) in [4.78, 5) is 36.0. The third-order valence-corrected chi connectivity index (χ3v) is 7.93. The number of rotatable bonds is 4. The van der Waals surface area contributed by atoms with Crippen LogP contribution < -0.4 is 10.5 Å². The number of thioether (sulfide) groups is 1. The van der Waals surface area contributed by atoms with Crippen molar-refractivity contribution < 1.29 is 9.18 Å². The highest BCUT2D eigenvalue weighted by Crippen LogP contribution is 2.35. The number of hydrogen-bond donors (Lipinski definition) is 0. The van der Waals surface area contributed by atoms with Crippen LogP contribution in [0.1, 0.15) is 37.0 Å². The molecule has 0 N–H and O–H groups in total. The Labute approximate surface area is 218 Å². The van der Waals surface area contributed by atoms with E-state index in [-0.39, 0.29) is 23.8 Å². The van der Waals surface area contributed by atoms with Crippen molar-refractivity contribution >= 4 is 51.7 Å². The summed E-state index contributed by atoms with van der Waals surface area (Å²) in [5, 5.41) is 0. The smallest absolute Gasteiger partial charge is 0.267 e. The zero-order valence-electron chi connectivity index (χ0n) is 20.4. The fraction of sp³-hybridized carbons (Fsp3) is 0.333. The van der Waals surface area contributed by atoms with Gasteiger partial charge in [-0.25, -0.2) is 9.37 Å². The van der Waals surface area contributed by atoms with E-state index in [9.17, 15) is 14.0 Å². The van der Waals surface area contributed by atoms with Crippen LogP contribution in [-0.4, -0.2) is 37.6 Å². The molecular formula is C27H27FN4O2S2. The van der Waals surface area contributed by atoms with Gasteiger partial charge in [0.05, 0.1) is 17.0 Å². The van der Waals surface area contributed by atoms with Gasteiger partial charge in [-0.05, 0) is 60.6 Å². The van der Waals surface area contributed by atoms with E-state index in [1.807, 2.05) is 19.1 Å². The Bertz CT molecular complexity index is 1440. The molecule has 0 saturated carbocycles. The molecule has 36 heavy (non-hydrogen) atoms. The summed E-state index contributed by atoms with van der Waals surface area (Å²) in [5.74, 6) is 0.931. The van der Waals surface area contributed by atoms with Gasteiger partial charge in [-0.2, -0.15) is 0 Å². The lowest BCUT2D eigenvalue weighted by Gasteiger charge is -2.36. The minimum absolute atomic E-state index is 0.214. The van der Waals surface area contributed by atoms with Crippen molar-refractivity contribution in [1.82, 2.24) is 14.3 Å². The van der Waals surface area contributed by atoms with E-state index in [0.717, 1.165) is 30.6 Å². The zero-order valence-corrected chi connectivity index (χ0v) is 22.0. The lowest BCUT2D eigenvalue weighted by atomic mass is 9.91. The average molecular weight is 523 g/mol. The fourth-order valence-corrected chi connectivity index (χ4v) is 6.23. The number of halogens is 1. The van der Waals surface area contributed by atoms with E-state index in [2.05, 4.69) is 18.7 Å². The summed E-state index contributed by atoms with van der Waals surface area (Å²) in [6.45, 7) is 8.18. The fourth-order valence-electron chi connectivity index (χ4n) is 4.99. The second-order valence-electron chi connectivity index (χ2n) is 9.83. The molecule has 5 rings (SSSR count). The molecule has 0 radical (unpaired) electrons. The van der Waals surface area contributed by atoms with Crippen LogP contribution in [0, 0.1) is 24.6 Å². The number of carbonyl (C=O) groups excluding carboxylic acids is 1. The van der Waals surface area contributed by atoms with Crippen molar-refractivity contribution in [3.05, 3.63) is 80.4 Å². The first-order valence-electron chi connectivity index (χ1n) is 12.0. The van der Waals surface area contributed by atoms with Crippen LogP contribution in [0.4, 0.5) is 10.2 Å². The molecular weight excluding hydrogens is 495 g/mol. The zero-order chi connectivity index (χ0) is 25.6. The molecule has 2 unspecified atom stereocenters. The Kier molecular flexibility index (Phi) is 6.70. The number of amides is 1. The van der Waals surface area contributed by atoms with Gasteiger partial charge in [0.1, 0.15) is 21.6 Å². The van der Waals surface area contributed by atoms with E-state index in [1.165, 1.54) is 28.8 Å². The summed E-state index contributed by atoms with van der Waals surface area (Å²) >= 11 is 6.67. The maximum Gasteiger partial charge on any atom is 0.267 e. The Morgan fingerprint density at radius 3 is 2.50 bits per heavy atom. The van der Waals surface area contributed by atoms with Gasteiger partial charge < -0.3 is 4.90 Å². The quantitative estimate of drug-likeness (QED) is 0.354. The number of nitrogens with zero attached hydrogens (tertiary/aromatic N) is 4. The normalized spacial score (nSPS) is 21.7. The predicted molar refractivity (Wildman–Crippen MR) is 146 cm³/mol. The molecule has 2 aliphatic heterocycles. The summed E-state index contributed by atoms with van der Waals surface area (Å²) in [6.07, 6.45) is 4.54. The van der Waals surface area contributed by atoms with E-state index < -0.39 is 0 Å². The number of benzene rings is 1. The number of thiocarbonyl (C=S) groups is 1. The molecule has 6 nitrogen and oxygen atoms in total. The molecule has 0 spiro atoms. The van der Waals surface area contributed by atoms with Gasteiger partial charge in [0.2, 0.25) is 0 Å². The molecule has 4 heterocycles. The number of anilines is 1. The van der Waals surface area contributed by atoms with Crippen LogP contribution >= 0.6 is 24.0 Å². The van der Waals surface area contributed by atoms with Gasteiger partial charge in [0.25, 0.3) is 11.5 Å². The van der Waals surface area contributed by atoms with Crippen LogP contribution in [0.2, 0.25) is 0 Å². The third-order valence-electron chi connectivity index (χ3n) is 6.56. The largest absolute Gasteiger partial charge is 0.355 e. The van der Waals surface area contributed by atoms with Crippen molar-refractivity contribution in [2.45, 2.75) is 33.7 Å². The molecule has 2 fully saturated rings. The van der Waals surface area contributed by atoms with Crippen LogP contribution in [0.25, 0.3) is 11.7 Å². The minimum Gasteiger partial charge on any atom is -0.355 e. The average Bonchev–Trinajstić information content (AvgIpc) is 3.09. The topological polar surface area (TPSA) is 57.9 Å². The number of fused-ring (bicyclic) bond motifs is 1. The monoisotopic (exact) mass is 522 g/mol. The number of aryl methyl sites for hydroxylation is 1. The molecule has 9 heteroatoms. The maximum atomic E-state index is 13.7. The van der Waals surface area contributed by atoms with Crippen molar-refractivity contribution in [1.29, 1.82) is 0 Å². The van der Waals surface area contributed by atoms with Gasteiger partial charge in [-0.1, -0.05) is 56.0 Å². The predicted octanol–water partition coefficient (Wildman–Crippen LogP) is 5.03. The Morgan fingerprint density at radius 1 is 1.11 bits per heavy atom. The Hall–Kier alpha value is -3.04. The molecule has 3 aromatic rings. The van der Waals surface area contributed by atoms with E-state index in [1.54, 1.807) is 28.8 Å². The second-order valence-corrected chi connectivity index (χ2v) is 11.5. The standard InChI is InChI=1S/C27H27FN4O2S2/c1-16-4-9-23-29-24(30-12-17(2)10-18(3)13-30)21(25(33)31(23)14-16)11-22-26(34)32(27(35)36-22)15-19-5-7-20(28)8-6-19/h4-9,11,14,17-18H,10,12-13,15H2,1-3H3/b22-11+. The minimum atomic E-state index is -0.336. The molecule has 2 atom stereocenters. The summed E-state index contributed by atoms with van der Waals surface area (Å²) in [5.41, 5.74) is 2.47. The third kappa shape index (κ3) is 4.82. The number of hydrogen-bond acceptors (Lipinski definition) is 6. The van der Waals surface area contributed by atoms with Crippen LogP contribution in [-0.2, 0) is 11.3 Å². The van der Waals surface area contributed by atoms with Crippen LogP contribution in [0.15, 0.2) is 52.3 Å². The summed E-state index contributed by atoms with van der Waals surface area (Å²) in [7, 11) is 0. The van der Waals surface area contributed by atoms with Crippen molar-refractivity contribution in [3.8, 4) is 0 Å².